The average molecular weight is 158 g/mol. The van der Waals surface area contributed by atoms with Crippen LogP contribution in [0.5, 0.6) is 0 Å². The molecular weight excluding hydrogens is 123 g/mol. The van der Waals surface area contributed by atoms with Crippen molar-refractivity contribution in [3.8, 4) is 0 Å². The minimum atomic E-state index is -5.17. The first-order valence-electron chi connectivity index (χ1n) is 0.667. The maximum absolute atomic E-state index is 8.52. The molecule has 0 bridgehead atoms. The molecule has 0 unspecified atom stereocenters. The molecule has 0 fully saturated rings. The van der Waals surface area contributed by atoms with E-state index in [0.29, 0.717) is 0 Å². The summed E-state index contributed by atoms with van der Waals surface area (Å²) in [6, 6.07) is 0. The Morgan fingerprint density at radius 1 is 1.50 bits per heavy atom. The van der Waals surface area contributed by atoms with Gasteiger partial charge in [0.15, 0.2) is 0 Å². The van der Waals surface area contributed by atoms with Crippen molar-refractivity contribution in [1.29, 1.82) is 0 Å². The Bertz CT molecular complexity index is 110. The van der Waals surface area contributed by atoms with E-state index in [2.05, 4.69) is 0 Å². The summed E-state index contributed by atoms with van der Waals surface area (Å²) in [6.45, 7) is 0. The quantitative estimate of drug-likeness (QED) is 0.308. The summed E-state index contributed by atoms with van der Waals surface area (Å²) < 4.78 is 34.1. The van der Waals surface area contributed by atoms with Gasteiger partial charge in [0, 0.05) is 34.7 Å². The maximum atomic E-state index is 8.52. The van der Waals surface area contributed by atoms with Crippen molar-refractivity contribution in [2.24, 2.45) is 0 Å². The summed E-state index contributed by atoms with van der Waals surface area (Å²) in [5.41, 5.74) is 0. The number of rotatable bonds is 0. The summed E-state index contributed by atoms with van der Waals surface area (Å²) in [4.78, 5) is 0. The van der Waals surface area contributed by atoms with Crippen LogP contribution in [0.4, 0.5) is 0 Å². The van der Waals surface area contributed by atoms with Gasteiger partial charge in [-0.1, -0.05) is 0 Å². The van der Waals surface area contributed by atoms with E-state index in [4.69, 9.17) is 17.5 Å². The van der Waals surface area contributed by atoms with Gasteiger partial charge in [-0.3, -0.25) is 8.42 Å². The molecule has 0 amide bonds. The molecule has 0 saturated carbocycles. The van der Waals surface area contributed by atoms with Crippen LogP contribution in [0.2, 0.25) is 0 Å². The maximum Gasteiger partial charge on any atom is 3.00 e. The third kappa shape index (κ3) is 315. The first kappa shape index (κ1) is 9.64. The molecule has 0 aliphatic carbocycles. The molecule has 6 heavy (non-hydrogen) atoms. The van der Waals surface area contributed by atoms with E-state index >= 15 is 0 Å². The van der Waals surface area contributed by atoms with Crippen LogP contribution < -0.4 is 0 Å². The zero-order valence-corrected chi connectivity index (χ0v) is 4.59. The van der Waals surface area contributed by atoms with Crippen LogP contribution in [0.1, 0.15) is 25.7 Å². The predicted molar refractivity (Wildman–Crippen MR) is 53.3 cm³/mol. The van der Waals surface area contributed by atoms with Crippen molar-refractivity contribution in [1.82, 2.24) is 0 Å². The first-order valence-corrected chi connectivity index (χ1v) is 2.00. The van der Waals surface area contributed by atoms with Crippen molar-refractivity contribution < 1.29 is 43.2 Å². The van der Waals surface area contributed by atoms with Gasteiger partial charge in [-0.15, -0.1) is 0 Å². The van der Waals surface area contributed by atoms with Gasteiger partial charge >= 0.3 is 17.4 Å². The van der Waals surface area contributed by atoms with E-state index in [1.54, 1.807) is 0 Å². The fraction of sp³-hybridized carbons (Fsp3) is 0. The minimum Gasteiger partial charge on any atom is -1.00 e. The molecule has 0 aromatic rings. The van der Waals surface area contributed by atoms with Gasteiger partial charge in [0.2, 0.25) is 0 Å². The van der Waals surface area contributed by atoms with Gasteiger partial charge in [0.05, 0.1) is 0 Å². The van der Waals surface area contributed by atoms with Gasteiger partial charge in [0.25, 0.3) is 0 Å². The molecule has 0 aliphatic heterocycles. The Labute approximate surface area is 72.6 Å². The van der Waals surface area contributed by atoms with E-state index in [-0.39, 0.29) is 43.0 Å². The fourth-order valence-electron chi connectivity index (χ4n) is 0. The molecule has 4 nitrogen and oxygen atoms in total. The van der Waals surface area contributed by atoms with Crippen LogP contribution >= 0.6 is 0 Å². The molecule has 0 heterocycles. The first-order chi connectivity index (χ1) is 2.00. The van der Waals surface area contributed by atoms with Crippen molar-refractivity contribution in [3.63, 3.8) is 0 Å². The van der Waals surface area contributed by atoms with Crippen LogP contribution in [0, 0.1) is 0 Å². The minimum absolute atomic E-state index is 0. The molecule has 0 spiro atoms. The van der Waals surface area contributed by atoms with E-state index in [9.17, 15) is 0 Å². The SMILES string of the molecule is O=S(=O)([O-])[O-].[Al+3].[H-].[HH].[HH].[HH].[HH].[HH].[HH].[HH].[HH].[HH].[HH].[HH].[HH].[HH].[HH].[HH].[HH].[HH]. The van der Waals surface area contributed by atoms with Crippen molar-refractivity contribution in [2.75, 3.05) is 0 Å². The normalized spacial score (nSPS) is 9.67. The summed E-state index contributed by atoms with van der Waals surface area (Å²) in [7, 11) is -5.17. The molecule has 0 aliphatic rings. The van der Waals surface area contributed by atoms with Gasteiger partial charge < -0.3 is 10.5 Å². The van der Waals surface area contributed by atoms with Gasteiger partial charge in [-0.2, -0.15) is 0 Å². The van der Waals surface area contributed by atoms with Crippen LogP contribution in [-0.2, 0) is 10.4 Å². The molecule has 0 radical (unpaired) electrons. The van der Waals surface area contributed by atoms with Crippen molar-refractivity contribution >= 4 is 27.8 Å². The topological polar surface area (TPSA) is 80.3 Å². The zero-order chi connectivity index (χ0) is 4.50. The summed E-state index contributed by atoms with van der Waals surface area (Å²) in [5, 5.41) is 0. The Kier molecular flexibility index (Phi) is 4.10. The Morgan fingerprint density at radius 2 is 1.50 bits per heavy atom. The molecule has 6 heteroatoms. The molecule has 0 N–H and O–H groups in total. The summed E-state index contributed by atoms with van der Waals surface area (Å²) >= 11 is 0. The van der Waals surface area contributed by atoms with Crippen molar-refractivity contribution in [3.05, 3.63) is 0 Å². The zero-order valence-electron chi connectivity index (χ0n) is 3.62. The molecule has 0 aromatic heterocycles. The second-order valence-corrected chi connectivity index (χ2v) is 1.22. The van der Waals surface area contributed by atoms with Gasteiger partial charge in [-0.05, 0) is 0 Å². The monoisotopic (exact) mass is 158 g/mol. The van der Waals surface area contributed by atoms with Crippen LogP contribution in [-0.4, -0.2) is 34.9 Å². The molecule has 0 aromatic carbocycles. The third-order valence-corrected chi connectivity index (χ3v) is 0. The van der Waals surface area contributed by atoms with E-state index in [0.717, 1.165) is 0 Å². The third-order valence-electron chi connectivity index (χ3n) is 0. The van der Waals surface area contributed by atoms with Crippen LogP contribution in [0.3, 0.4) is 0 Å². The Balaban J connectivity index is -0.000000000468. The molecule has 68 valence electrons. The second kappa shape index (κ2) is 2.55. The van der Waals surface area contributed by atoms with E-state index in [1.165, 1.54) is 0 Å². The fourth-order valence-corrected chi connectivity index (χ4v) is 0. The van der Waals surface area contributed by atoms with E-state index < -0.39 is 10.4 Å². The molecule has 0 atom stereocenters. The van der Waals surface area contributed by atoms with E-state index in [1.807, 2.05) is 0 Å². The van der Waals surface area contributed by atoms with Crippen LogP contribution in [0.25, 0.3) is 0 Å². The van der Waals surface area contributed by atoms with Gasteiger partial charge in [0.1, 0.15) is 0 Å². The average Bonchev–Trinajstić information content (AvgIpc) is 0.722. The standard InChI is InChI=1S/Al.H2O4S.17H2.H/c;1-5(2,3)4;;;;;;;;;;;;;;;;;;/h;(H2,1,2,3,4);17*1H;/q+3;;;;;;;;;;;;;;;;;;;-1/p-2. The van der Waals surface area contributed by atoms with Crippen LogP contribution in [0.15, 0.2) is 0 Å². The Morgan fingerprint density at radius 3 is 1.50 bits per heavy atom. The Hall–Kier alpha value is 0.402. The largest absolute Gasteiger partial charge is 3.00 e. The molecule has 0 saturated heterocycles. The predicted octanol–water partition coefficient (Wildman–Crippen LogP) is 2.58. The number of hydrogen-bond donors (Lipinski definition) is 0. The van der Waals surface area contributed by atoms with Crippen molar-refractivity contribution in [2.45, 2.75) is 0 Å². The molecule has 0 rings (SSSR count). The molecular formula is H35AlO4S. The second-order valence-electron chi connectivity index (χ2n) is 0.408. The number of hydrogen-bond acceptors (Lipinski definition) is 4. The smallest absolute Gasteiger partial charge is 1.00 e. The summed E-state index contributed by atoms with van der Waals surface area (Å²) in [5.74, 6) is 0. The summed E-state index contributed by atoms with van der Waals surface area (Å²) in [6.07, 6.45) is 0. The van der Waals surface area contributed by atoms with Gasteiger partial charge in [-0.25, -0.2) is 0 Å².